The van der Waals surface area contributed by atoms with Crippen molar-refractivity contribution in [1.82, 2.24) is 9.13 Å². The molecule has 8 aromatic carbocycles. The number of para-hydroxylation sites is 2. The molecule has 0 amide bonds. The first-order chi connectivity index (χ1) is 27.7. The van der Waals surface area contributed by atoms with Gasteiger partial charge in [0, 0.05) is 49.8 Å². The van der Waals surface area contributed by atoms with Crippen molar-refractivity contribution in [2.45, 2.75) is 19.4 Å². The molecule has 266 valence electrons. The van der Waals surface area contributed by atoms with Gasteiger partial charge in [0.15, 0.2) is 5.84 Å². The number of aliphatic imine (C=N–C) groups is 2. The van der Waals surface area contributed by atoms with Crippen LogP contribution in [-0.2, 0) is 0 Å². The van der Waals surface area contributed by atoms with E-state index in [1.54, 1.807) is 0 Å². The Morgan fingerprint density at radius 1 is 0.464 bits per heavy atom. The molecule has 0 radical (unpaired) electrons. The third kappa shape index (κ3) is 5.06. The van der Waals surface area contributed by atoms with Crippen molar-refractivity contribution < 1.29 is 0 Å². The average molecular weight is 719 g/mol. The van der Waals surface area contributed by atoms with Crippen molar-refractivity contribution >= 4 is 65.9 Å². The van der Waals surface area contributed by atoms with Gasteiger partial charge >= 0.3 is 0 Å². The third-order valence-electron chi connectivity index (χ3n) is 11.7. The first-order valence-corrected chi connectivity index (χ1v) is 19.6. The van der Waals surface area contributed by atoms with Crippen LogP contribution in [0.25, 0.3) is 65.8 Å². The number of rotatable bonds is 6. The molecular formula is C52H38N4. The highest BCUT2D eigenvalue weighted by molar-refractivity contribution is 6.23. The molecule has 0 saturated heterocycles. The van der Waals surface area contributed by atoms with Crippen LogP contribution in [0.5, 0.6) is 0 Å². The van der Waals surface area contributed by atoms with Crippen molar-refractivity contribution in [3.05, 3.63) is 205 Å². The maximum atomic E-state index is 5.45. The summed E-state index contributed by atoms with van der Waals surface area (Å²) in [5.74, 6) is 0.902. The third-order valence-corrected chi connectivity index (χ3v) is 11.7. The van der Waals surface area contributed by atoms with E-state index in [0.717, 1.165) is 40.5 Å². The second kappa shape index (κ2) is 13.1. The molecule has 0 bridgehead atoms. The minimum absolute atomic E-state index is 0.100. The van der Waals surface area contributed by atoms with Crippen molar-refractivity contribution in [1.29, 1.82) is 0 Å². The van der Waals surface area contributed by atoms with Crippen LogP contribution in [0.3, 0.4) is 0 Å². The van der Waals surface area contributed by atoms with Crippen LogP contribution in [-0.4, -0.2) is 20.7 Å². The summed E-state index contributed by atoms with van der Waals surface area (Å²) in [4.78, 5) is 10.7. The van der Waals surface area contributed by atoms with Crippen LogP contribution < -0.4 is 0 Å². The Morgan fingerprint density at radius 2 is 1.11 bits per heavy atom. The van der Waals surface area contributed by atoms with Crippen LogP contribution in [0.4, 0.5) is 0 Å². The molecule has 10 aromatic rings. The van der Waals surface area contributed by atoms with Crippen molar-refractivity contribution in [2.75, 3.05) is 0 Å². The number of hydrogen-bond donors (Lipinski definition) is 0. The molecule has 1 aliphatic heterocycles. The molecule has 1 unspecified atom stereocenters. The van der Waals surface area contributed by atoms with Gasteiger partial charge in [-0.25, -0.2) is 4.99 Å². The molecule has 0 aliphatic carbocycles. The number of nitrogens with zero attached hydrogens (tertiary/aromatic N) is 4. The topological polar surface area (TPSA) is 34.6 Å². The van der Waals surface area contributed by atoms with E-state index in [0.29, 0.717) is 0 Å². The molecular weight excluding hydrogens is 681 g/mol. The van der Waals surface area contributed by atoms with Gasteiger partial charge in [-0.05, 0) is 65.4 Å². The van der Waals surface area contributed by atoms with E-state index in [1.165, 1.54) is 59.9 Å². The minimum atomic E-state index is -0.100. The fraction of sp³-hybridized carbons (Fsp3) is 0.0769. The predicted octanol–water partition coefficient (Wildman–Crippen LogP) is 13.1. The van der Waals surface area contributed by atoms with E-state index < -0.39 is 0 Å². The van der Waals surface area contributed by atoms with Crippen LogP contribution in [0.2, 0.25) is 0 Å². The van der Waals surface area contributed by atoms with E-state index in [4.69, 9.17) is 9.98 Å². The molecule has 0 spiro atoms. The van der Waals surface area contributed by atoms with Crippen LogP contribution in [0, 0.1) is 5.92 Å². The van der Waals surface area contributed by atoms with Gasteiger partial charge in [-0.15, -0.1) is 0 Å². The van der Waals surface area contributed by atoms with Crippen LogP contribution in [0.1, 0.15) is 36.1 Å². The van der Waals surface area contributed by atoms with Crippen LogP contribution >= 0.6 is 0 Å². The Kier molecular flexibility index (Phi) is 7.56. The first-order valence-electron chi connectivity index (χ1n) is 19.6. The monoisotopic (exact) mass is 718 g/mol. The van der Waals surface area contributed by atoms with Crippen molar-refractivity contribution in [2.24, 2.45) is 15.9 Å². The number of fused-ring (bicyclic) bond motifs is 8. The normalized spacial score (nSPS) is 15.9. The fourth-order valence-electron chi connectivity index (χ4n) is 9.14. The SMILES string of the molecule is CCC1C(c2ccccc2)=NC(c2ccccc2)=N[C@@H]1c1cccc(-n2c3ccccc3c3cc4c5ccc6ccccc6c5n(-c5ccccc5)c4cc32)c1. The number of aromatic nitrogens is 2. The lowest BCUT2D eigenvalue weighted by Crippen LogP contribution is -2.28. The summed E-state index contributed by atoms with van der Waals surface area (Å²) in [5, 5.41) is 7.48. The quantitative estimate of drug-likeness (QED) is 0.164. The largest absolute Gasteiger partial charge is 0.309 e. The molecule has 1 aliphatic rings. The molecule has 4 heteroatoms. The van der Waals surface area contributed by atoms with E-state index in [-0.39, 0.29) is 12.0 Å². The smallest absolute Gasteiger partial charge is 0.155 e. The number of benzene rings is 8. The average Bonchev–Trinajstić information content (AvgIpc) is 3.78. The summed E-state index contributed by atoms with van der Waals surface area (Å²) in [7, 11) is 0. The zero-order chi connectivity index (χ0) is 37.2. The Hall–Kier alpha value is -7.04. The molecule has 0 fully saturated rings. The number of amidine groups is 1. The van der Waals surface area contributed by atoms with Gasteiger partial charge < -0.3 is 9.13 Å². The predicted molar refractivity (Wildman–Crippen MR) is 235 cm³/mol. The highest BCUT2D eigenvalue weighted by Crippen LogP contribution is 2.43. The summed E-state index contributed by atoms with van der Waals surface area (Å²) in [6, 6.07) is 67.8. The van der Waals surface area contributed by atoms with Gasteiger partial charge in [0.1, 0.15) is 0 Å². The van der Waals surface area contributed by atoms with Crippen LogP contribution in [0.15, 0.2) is 198 Å². The lowest BCUT2D eigenvalue weighted by molar-refractivity contribution is 0.532. The highest BCUT2D eigenvalue weighted by atomic mass is 15.0. The standard InChI is InChI=1S/C52H38N4/c1-2-40-49(35-18-6-3-7-19-35)53-52(36-20-8-4-9-21-36)54-50(40)37-22-16-25-39(31-37)55-46-28-15-14-27-42(46)44-32-45-43-30-29-34-17-12-13-26-41(34)51(43)56(48(45)33-47(44)55)38-23-10-5-11-24-38/h3-33,40,50H,2H2,1H3/t40?,50-/m1/s1. The second-order valence-electron chi connectivity index (χ2n) is 14.8. The molecule has 2 atom stereocenters. The zero-order valence-electron chi connectivity index (χ0n) is 31.0. The minimum Gasteiger partial charge on any atom is -0.309 e. The maximum Gasteiger partial charge on any atom is 0.155 e. The van der Waals surface area contributed by atoms with Gasteiger partial charge in [-0.3, -0.25) is 4.99 Å². The van der Waals surface area contributed by atoms with E-state index in [9.17, 15) is 0 Å². The Bertz CT molecular complexity index is 3170. The van der Waals surface area contributed by atoms with Crippen molar-refractivity contribution in [3.8, 4) is 11.4 Å². The van der Waals surface area contributed by atoms with Gasteiger partial charge in [-0.1, -0.05) is 153 Å². The summed E-state index contributed by atoms with van der Waals surface area (Å²) < 4.78 is 4.92. The maximum absolute atomic E-state index is 5.45. The Morgan fingerprint density at radius 3 is 1.89 bits per heavy atom. The fourth-order valence-corrected chi connectivity index (χ4v) is 9.14. The molecule has 2 aromatic heterocycles. The molecule has 0 saturated carbocycles. The van der Waals surface area contributed by atoms with Gasteiger partial charge in [0.25, 0.3) is 0 Å². The zero-order valence-corrected chi connectivity index (χ0v) is 31.0. The summed E-state index contributed by atoms with van der Waals surface area (Å²) >= 11 is 0. The van der Waals surface area contributed by atoms with E-state index in [1.807, 2.05) is 6.07 Å². The van der Waals surface area contributed by atoms with Gasteiger partial charge in [0.05, 0.1) is 33.8 Å². The number of hydrogen-bond acceptors (Lipinski definition) is 2. The Balaban J connectivity index is 1.16. The van der Waals surface area contributed by atoms with Gasteiger partial charge in [-0.2, -0.15) is 0 Å². The van der Waals surface area contributed by atoms with E-state index >= 15 is 0 Å². The lowest BCUT2D eigenvalue weighted by atomic mass is 9.83. The molecule has 3 heterocycles. The molecule has 4 nitrogen and oxygen atoms in total. The van der Waals surface area contributed by atoms with Gasteiger partial charge in [0.2, 0.25) is 0 Å². The summed E-state index contributed by atoms with van der Waals surface area (Å²) in [6.45, 7) is 2.26. The lowest BCUT2D eigenvalue weighted by Gasteiger charge is -2.30. The summed E-state index contributed by atoms with van der Waals surface area (Å²) in [5.41, 5.74) is 11.5. The summed E-state index contributed by atoms with van der Waals surface area (Å²) in [6.07, 6.45) is 0.917. The molecule has 11 rings (SSSR count). The Labute approximate surface area is 325 Å². The first kappa shape index (κ1) is 32.4. The van der Waals surface area contributed by atoms with Crippen molar-refractivity contribution in [3.63, 3.8) is 0 Å². The molecule has 56 heavy (non-hydrogen) atoms. The second-order valence-corrected chi connectivity index (χ2v) is 14.8. The van der Waals surface area contributed by atoms with E-state index in [2.05, 4.69) is 198 Å². The highest BCUT2D eigenvalue weighted by Gasteiger charge is 2.32. The molecule has 0 N–H and O–H groups in total.